The standard InChI is InChI=1S/C23H25ClN2O3/c1-14(24)22(28)25-17-8-5-15(6-9-17)21(27)12-20-19-11-18(29-4)10-7-16(19)13-23(2,3)26-20/h5-12,14,26H,13H2,1-4H3,(H,25,28). The Kier molecular flexibility index (Phi) is 5.99. The van der Waals surface area contributed by atoms with Gasteiger partial charge in [0.1, 0.15) is 11.1 Å². The molecule has 1 aliphatic heterocycles. The summed E-state index contributed by atoms with van der Waals surface area (Å²) in [6.07, 6.45) is 2.47. The zero-order valence-electron chi connectivity index (χ0n) is 17.0. The molecule has 0 fully saturated rings. The number of hydrogen-bond acceptors (Lipinski definition) is 4. The first-order valence-electron chi connectivity index (χ1n) is 9.45. The van der Waals surface area contributed by atoms with Gasteiger partial charge < -0.3 is 15.4 Å². The molecular formula is C23H25ClN2O3. The second-order valence-electron chi connectivity index (χ2n) is 7.81. The topological polar surface area (TPSA) is 67.4 Å². The number of anilines is 1. The van der Waals surface area contributed by atoms with Crippen LogP contribution in [0.25, 0.3) is 5.70 Å². The van der Waals surface area contributed by atoms with Gasteiger partial charge in [-0.25, -0.2) is 0 Å². The first kappa shape index (κ1) is 20.9. The predicted octanol–water partition coefficient (Wildman–Crippen LogP) is 4.41. The van der Waals surface area contributed by atoms with Crippen molar-refractivity contribution in [1.82, 2.24) is 5.32 Å². The van der Waals surface area contributed by atoms with E-state index in [0.29, 0.717) is 11.3 Å². The number of ketones is 1. The van der Waals surface area contributed by atoms with Crippen LogP contribution in [-0.4, -0.2) is 29.7 Å². The Morgan fingerprint density at radius 2 is 1.90 bits per heavy atom. The monoisotopic (exact) mass is 412 g/mol. The van der Waals surface area contributed by atoms with Crippen LogP contribution >= 0.6 is 11.6 Å². The van der Waals surface area contributed by atoms with Crippen LogP contribution < -0.4 is 15.4 Å². The van der Waals surface area contributed by atoms with Crippen molar-refractivity contribution in [2.24, 2.45) is 0 Å². The Labute approximate surface area is 176 Å². The van der Waals surface area contributed by atoms with Gasteiger partial charge in [-0.1, -0.05) is 6.07 Å². The van der Waals surface area contributed by atoms with E-state index in [1.165, 1.54) is 5.56 Å². The Hall–Kier alpha value is -2.79. The van der Waals surface area contributed by atoms with E-state index in [-0.39, 0.29) is 17.2 Å². The van der Waals surface area contributed by atoms with E-state index in [9.17, 15) is 9.59 Å². The molecule has 5 nitrogen and oxygen atoms in total. The van der Waals surface area contributed by atoms with Gasteiger partial charge in [-0.15, -0.1) is 11.6 Å². The maximum atomic E-state index is 12.9. The third-order valence-electron chi connectivity index (χ3n) is 4.79. The van der Waals surface area contributed by atoms with Gasteiger partial charge in [0, 0.05) is 34.1 Å². The normalized spacial score (nSPS) is 17.1. The third-order valence-corrected chi connectivity index (χ3v) is 4.98. The first-order chi connectivity index (χ1) is 13.7. The lowest BCUT2D eigenvalue weighted by Crippen LogP contribution is -2.43. The zero-order chi connectivity index (χ0) is 21.2. The molecule has 0 saturated carbocycles. The number of methoxy groups -OCH3 is 1. The summed E-state index contributed by atoms with van der Waals surface area (Å²) in [6.45, 7) is 5.81. The highest BCUT2D eigenvalue weighted by Gasteiger charge is 2.28. The van der Waals surface area contributed by atoms with E-state index in [4.69, 9.17) is 16.3 Å². The van der Waals surface area contributed by atoms with E-state index >= 15 is 0 Å². The van der Waals surface area contributed by atoms with Gasteiger partial charge in [-0.3, -0.25) is 9.59 Å². The number of alkyl halides is 1. The van der Waals surface area contributed by atoms with Crippen LogP contribution in [-0.2, 0) is 11.2 Å². The molecule has 0 aromatic heterocycles. The summed E-state index contributed by atoms with van der Waals surface area (Å²) in [4.78, 5) is 24.6. The van der Waals surface area contributed by atoms with Crippen molar-refractivity contribution in [2.75, 3.05) is 12.4 Å². The molecule has 1 aliphatic rings. The number of rotatable bonds is 5. The second-order valence-corrected chi connectivity index (χ2v) is 8.47. The molecule has 2 aromatic carbocycles. The maximum absolute atomic E-state index is 12.9. The fraction of sp³-hybridized carbons (Fsp3) is 0.304. The summed E-state index contributed by atoms with van der Waals surface area (Å²) >= 11 is 5.76. The number of hydrogen-bond donors (Lipinski definition) is 2. The molecular weight excluding hydrogens is 388 g/mol. The number of ether oxygens (including phenoxy) is 1. The fourth-order valence-corrected chi connectivity index (χ4v) is 3.38. The minimum atomic E-state index is -0.626. The minimum Gasteiger partial charge on any atom is -0.497 e. The number of benzene rings is 2. The van der Waals surface area contributed by atoms with Crippen molar-refractivity contribution in [1.29, 1.82) is 0 Å². The predicted molar refractivity (Wildman–Crippen MR) is 117 cm³/mol. The lowest BCUT2D eigenvalue weighted by atomic mass is 9.85. The Morgan fingerprint density at radius 1 is 1.21 bits per heavy atom. The van der Waals surface area contributed by atoms with E-state index in [1.807, 2.05) is 18.2 Å². The zero-order valence-corrected chi connectivity index (χ0v) is 17.8. The van der Waals surface area contributed by atoms with Gasteiger partial charge in [-0.2, -0.15) is 0 Å². The van der Waals surface area contributed by atoms with Crippen molar-refractivity contribution < 1.29 is 14.3 Å². The van der Waals surface area contributed by atoms with Crippen molar-refractivity contribution in [3.05, 3.63) is 65.2 Å². The molecule has 1 atom stereocenters. The van der Waals surface area contributed by atoms with Gasteiger partial charge in [0.25, 0.3) is 0 Å². The quantitative estimate of drug-likeness (QED) is 0.433. The number of allylic oxidation sites excluding steroid dienone is 1. The minimum absolute atomic E-state index is 0.123. The van der Waals surface area contributed by atoms with Crippen molar-refractivity contribution in [2.45, 2.75) is 38.1 Å². The second kappa shape index (κ2) is 8.29. The lowest BCUT2D eigenvalue weighted by Gasteiger charge is -2.35. The smallest absolute Gasteiger partial charge is 0.242 e. The van der Waals surface area contributed by atoms with Crippen LogP contribution in [0, 0.1) is 0 Å². The summed E-state index contributed by atoms with van der Waals surface area (Å²) in [5, 5.41) is 5.54. The largest absolute Gasteiger partial charge is 0.497 e. The lowest BCUT2D eigenvalue weighted by molar-refractivity contribution is -0.115. The number of carbonyl (C=O) groups is 2. The van der Waals surface area contributed by atoms with Crippen LogP contribution in [0.4, 0.5) is 5.69 Å². The maximum Gasteiger partial charge on any atom is 0.242 e. The molecule has 3 rings (SSSR count). The van der Waals surface area contributed by atoms with Crippen LogP contribution in [0.1, 0.15) is 42.3 Å². The molecule has 1 unspecified atom stereocenters. The highest BCUT2D eigenvalue weighted by Crippen LogP contribution is 2.32. The van der Waals surface area contributed by atoms with Gasteiger partial charge in [0.15, 0.2) is 5.78 Å². The fourth-order valence-electron chi connectivity index (χ4n) is 3.33. The molecule has 29 heavy (non-hydrogen) atoms. The molecule has 152 valence electrons. The van der Waals surface area contributed by atoms with E-state index in [2.05, 4.69) is 24.5 Å². The summed E-state index contributed by atoms with van der Waals surface area (Å²) in [5.74, 6) is 0.340. The molecule has 2 N–H and O–H groups in total. The molecule has 0 saturated heterocycles. The average Bonchev–Trinajstić information content (AvgIpc) is 2.67. The molecule has 0 aliphatic carbocycles. The average molecular weight is 413 g/mol. The highest BCUT2D eigenvalue weighted by atomic mass is 35.5. The summed E-state index contributed by atoms with van der Waals surface area (Å²) < 4.78 is 5.35. The molecule has 1 heterocycles. The van der Waals surface area contributed by atoms with Crippen LogP contribution in [0.15, 0.2) is 48.5 Å². The van der Waals surface area contributed by atoms with Gasteiger partial charge >= 0.3 is 0 Å². The Morgan fingerprint density at radius 3 is 2.52 bits per heavy atom. The summed E-state index contributed by atoms with van der Waals surface area (Å²) in [6, 6.07) is 12.7. The molecule has 2 aromatic rings. The highest BCUT2D eigenvalue weighted by molar-refractivity contribution is 6.32. The van der Waals surface area contributed by atoms with Crippen molar-refractivity contribution in [3.8, 4) is 5.75 Å². The molecule has 1 amide bonds. The van der Waals surface area contributed by atoms with Crippen molar-refractivity contribution >= 4 is 34.7 Å². The van der Waals surface area contributed by atoms with Gasteiger partial charge in [0.05, 0.1) is 7.11 Å². The number of amides is 1. The number of fused-ring (bicyclic) bond motifs is 1. The van der Waals surface area contributed by atoms with Gasteiger partial charge in [-0.05, 0) is 69.2 Å². The van der Waals surface area contributed by atoms with E-state index < -0.39 is 5.38 Å². The summed E-state index contributed by atoms with van der Waals surface area (Å²) in [7, 11) is 1.63. The number of carbonyl (C=O) groups excluding carboxylic acids is 2. The molecule has 0 spiro atoms. The Bertz CT molecular complexity index is 963. The molecule has 0 radical (unpaired) electrons. The van der Waals surface area contributed by atoms with Gasteiger partial charge in [0.2, 0.25) is 5.91 Å². The summed E-state index contributed by atoms with van der Waals surface area (Å²) in [5.41, 5.74) is 3.87. The van der Waals surface area contributed by atoms with Crippen LogP contribution in [0.3, 0.4) is 0 Å². The molecule has 6 heteroatoms. The Balaban J connectivity index is 1.87. The van der Waals surface area contributed by atoms with Crippen LogP contribution in [0.2, 0.25) is 0 Å². The number of nitrogens with one attached hydrogen (secondary N) is 2. The van der Waals surface area contributed by atoms with E-state index in [0.717, 1.165) is 23.4 Å². The van der Waals surface area contributed by atoms with Crippen molar-refractivity contribution in [3.63, 3.8) is 0 Å². The first-order valence-corrected chi connectivity index (χ1v) is 9.89. The van der Waals surface area contributed by atoms with Crippen LogP contribution in [0.5, 0.6) is 5.75 Å². The van der Waals surface area contributed by atoms with E-state index in [1.54, 1.807) is 44.4 Å². The third kappa shape index (κ3) is 4.98. The SMILES string of the molecule is COc1ccc2c(c1)C(=CC(=O)c1ccc(NC(=O)C(C)Cl)cc1)NC(C)(C)C2. The number of halogens is 1. The molecule has 0 bridgehead atoms.